The van der Waals surface area contributed by atoms with E-state index >= 15 is 0 Å². The van der Waals surface area contributed by atoms with Crippen LogP contribution in [0.4, 0.5) is 5.82 Å². The second-order valence-corrected chi connectivity index (χ2v) is 8.38. The number of halogens is 1. The molecule has 0 N–H and O–H groups in total. The van der Waals surface area contributed by atoms with Crippen molar-refractivity contribution in [3.8, 4) is 11.3 Å². The summed E-state index contributed by atoms with van der Waals surface area (Å²) in [6.07, 6.45) is 0. The maximum Gasteiger partial charge on any atom is 0.265 e. The average molecular weight is 418 g/mol. The fourth-order valence-electron chi connectivity index (χ4n) is 2.38. The summed E-state index contributed by atoms with van der Waals surface area (Å²) < 4.78 is 27.6. The molecule has 1 heterocycles. The molecule has 0 aliphatic heterocycles. The van der Waals surface area contributed by atoms with Gasteiger partial charge in [-0.15, -0.1) is 10.2 Å². The number of aryl methyl sites for hydroxylation is 1. The van der Waals surface area contributed by atoms with Gasteiger partial charge in [-0.2, -0.15) is 0 Å². The van der Waals surface area contributed by atoms with Crippen molar-refractivity contribution in [1.29, 1.82) is 0 Å². The summed E-state index contributed by atoms with van der Waals surface area (Å²) in [6, 6.07) is 18.2. The van der Waals surface area contributed by atoms with Crippen LogP contribution in [0.5, 0.6) is 0 Å². The topological polar surface area (TPSA) is 63.2 Å². The maximum absolute atomic E-state index is 12.9. The number of benzene rings is 2. The molecule has 0 amide bonds. The summed E-state index contributed by atoms with van der Waals surface area (Å²) in [5.41, 5.74) is 2.28. The molecule has 25 heavy (non-hydrogen) atoms. The third-order valence-corrected chi connectivity index (χ3v) is 6.23. The van der Waals surface area contributed by atoms with E-state index in [1.165, 1.54) is 7.05 Å². The van der Waals surface area contributed by atoms with Gasteiger partial charge in [0.15, 0.2) is 5.82 Å². The van der Waals surface area contributed by atoms with E-state index < -0.39 is 10.0 Å². The highest BCUT2D eigenvalue weighted by molar-refractivity contribution is 9.10. The quantitative estimate of drug-likeness (QED) is 0.642. The molecule has 3 aromatic rings. The standard InChI is InChI=1S/C18H16BrN3O2S/c1-13-8-9-15(19)12-17(13)25(23,24)22(2)18-11-10-16(20-21-18)14-6-4-3-5-7-14/h3-12H,1-2H3. The van der Waals surface area contributed by atoms with E-state index in [4.69, 9.17) is 0 Å². The summed E-state index contributed by atoms with van der Waals surface area (Å²) in [6.45, 7) is 1.76. The molecule has 3 rings (SSSR count). The summed E-state index contributed by atoms with van der Waals surface area (Å²) in [7, 11) is -2.25. The van der Waals surface area contributed by atoms with Crippen LogP contribution in [0.1, 0.15) is 5.56 Å². The van der Waals surface area contributed by atoms with E-state index in [0.717, 1.165) is 9.87 Å². The SMILES string of the molecule is Cc1ccc(Br)cc1S(=O)(=O)N(C)c1ccc(-c2ccccc2)nn1. The van der Waals surface area contributed by atoms with Crippen molar-refractivity contribution >= 4 is 31.8 Å². The second-order valence-electron chi connectivity index (χ2n) is 5.53. The number of rotatable bonds is 4. The normalized spacial score (nSPS) is 11.3. The minimum atomic E-state index is -3.72. The van der Waals surface area contributed by atoms with E-state index in [0.29, 0.717) is 15.7 Å². The Balaban J connectivity index is 1.95. The molecule has 0 saturated carbocycles. The Bertz CT molecular complexity index is 991. The number of sulfonamides is 1. The third kappa shape index (κ3) is 3.57. The van der Waals surface area contributed by atoms with E-state index in [1.54, 1.807) is 31.2 Å². The van der Waals surface area contributed by atoms with Crippen LogP contribution in [0.3, 0.4) is 0 Å². The molecule has 0 aliphatic carbocycles. The van der Waals surface area contributed by atoms with Crippen LogP contribution in [-0.4, -0.2) is 25.7 Å². The van der Waals surface area contributed by atoms with Gasteiger partial charge in [0, 0.05) is 17.1 Å². The molecular weight excluding hydrogens is 402 g/mol. The van der Waals surface area contributed by atoms with Crippen molar-refractivity contribution in [3.63, 3.8) is 0 Å². The summed E-state index contributed by atoms with van der Waals surface area (Å²) in [5, 5.41) is 8.24. The summed E-state index contributed by atoms with van der Waals surface area (Å²) in [4.78, 5) is 0.235. The van der Waals surface area contributed by atoms with Crippen LogP contribution >= 0.6 is 15.9 Å². The molecule has 0 bridgehead atoms. The van der Waals surface area contributed by atoms with Gasteiger partial charge in [0.1, 0.15) is 0 Å². The Morgan fingerprint density at radius 3 is 2.32 bits per heavy atom. The minimum Gasteiger partial charge on any atom is -0.251 e. The van der Waals surface area contributed by atoms with Crippen molar-refractivity contribution in [2.75, 3.05) is 11.4 Å². The molecule has 128 valence electrons. The van der Waals surface area contributed by atoms with Crippen LogP contribution in [0, 0.1) is 6.92 Å². The second kappa shape index (κ2) is 6.93. The molecule has 0 spiro atoms. The summed E-state index contributed by atoms with van der Waals surface area (Å²) >= 11 is 3.32. The van der Waals surface area contributed by atoms with Crippen molar-refractivity contribution < 1.29 is 8.42 Å². The predicted molar refractivity (Wildman–Crippen MR) is 102 cm³/mol. The van der Waals surface area contributed by atoms with Gasteiger partial charge in [-0.1, -0.05) is 52.3 Å². The lowest BCUT2D eigenvalue weighted by Crippen LogP contribution is -2.28. The van der Waals surface area contributed by atoms with Crippen LogP contribution in [0.2, 0.25) is 0 Å². The fraction of sp³-hybridized carbons (Fsp3) is 0.111. The zero-order valence-corrected chi connectivity index (χ0v) is 16.1. The number of nitrogens with zero attached hydrogens (tertiary/aromatic N) is 3. The first-order valence-corrected chi connectivity index (χ1v) is 9.77. The summed E-state index contributed by atoms with van der Waals surface area (Å²) in [5.74, 6) is 0.263. The number of hydrogen-bond donors (Lipinski definition) is 0. The largest absolute Gasteiger partial charge is 0.265 e. The Hall–Kier alpha value is -2.25. The van der Waals surface area contributed by atoms with E-state index in [-0.39, 0.29) is 10.7 Å². The van der Waals surface area contributed by atoms with E-state index in [2.05, 4.69) is 26.1 Å². The zero-order valence-electron chi connectivity index (χ0n) is 13.7. The highest BCUT2D eigenvalue weighted by atomic mass is 79.9. The van der Waals surface area contributed by atoms with Crippen molar-refractivity contribution in [2.45, 2.75) is 11.8 Å². The maximum atomic E-state index is 12.9. The molecule has 2 aromatic carbocycles. The monoisotopic (exact) mass is 417 g/mol. The number of anilines is 1. The third-order valence-electron chi connectivity index (χ3n) is 3.83. The molecule has 0 fully saturated rings. The zero-order chi connectivity index (χ0) is 18.0. The average Bonchev–Trinajstić information content (AvgIpc) is 2.64. The molecular formula is C18H16BrN3O2S. The van der Waals surface area contributed by atoms with Crippen LogP contribution in [0.15, 0.2) is 70.0 Å². The molecule has 1 aromatic heterocycles. The van der Waals surface area contributed by atoms with Crippen LogP contribution < -0.4 is 4.31 Å². The Kier molecular flexibility index (Phi) is 4.87. The van der Waals surface area contributed by atoms with Crippen LogP contribution in [-0.2, 0) is 10.0 Å². The minimum absolute atomic E-state index is 0.235. The van der Waals surface area contributed by atoms with Gasteiger partial charge >= 0.3 is 0 Å². The molecule has 7 heteroatoms. The predicted octanol–water partition coefficient (Wildman–Crippen LogP) is 4.04. The smallest absolute Gasteiger partial charge is 0.251 e. The van der Waals surface area contributed by atoms with Crippen molar-refractivity contribution in [2.24, 2.45) is 0 Å². The van der Waals surface area contributed by atoms with Gasteiger partial charge in [0.05, 0.1) is 10.6 Å². The molecule has 0 radical (unpaired) electrons. The molecule has 0 saturated heterocycles. The molecule has 0 unspecified atom stereocenters. The first kappa shape index (κ1) is 17.6. The lowest BCUT2D eigenvalue weighted by Gasteiger charge is -2.19. The highest BCUT2D eigenvalue weighted by Crippen LogP contribution is 2.26. The van der Waals surface area contributed by atoms with Gasteiger partial charge < -0.3 is 0 Å². The van der Waals surface area contributed by atoms with Crippen molar-refractivity contribution in [3.05, 3.63) is 70.7 Å². The fourth-order valence-corrected chi connectivity index (χ4v) is 4.28. The van der Waals surface area contributed by atoms with E-state index in [1.807, 2.05) is 36.4 Å². The van der Waals surface area contributed by atoms with Crippen LogP contribution in [0.25, 0.3) is 11.3 Å². The van der Waals surface area contributed by atoms with Gasteiger partial charge in [-0.3, -0.25) is 4.31 Å². The number of aromatic nitrogens is 2. The van der Waals surface area contributed by atoms with Crippen molar-refractivity contribution in [1.82, 2.24) is 10.2 Å². The number of hydrogen-bond acceptors (Lipinski definition) is 4. The van der Waals surface area contributed by atoms with E-state index in [9.17, 15) is 8.42 Å². The molecule has 0 atom stereocenters. The molecule has 5 nitrogen and oxygen atoms in total. The lowest BCUT2D eigenvalue weighted by atomic mass is 10.1. The highest BCUT2D eigenvalue weighted by Gasteiger charge is 2.24. The Morgan fingerprint density at radius 2 is 1.68 bits per heavy atom. The Morgan fingerprint density at radius 1 is 0.960 bits per heavy atom. The molecule has 0 aliphatic rings. The van der Waals surface area contributed by atoms with Gasteiger partial charge in [-0.25, -0.2) is 8.42 Å². The van der Waals surface area contributed by atoms with Gasteiger partial charge in [0.25, 0.3) is 10.0 Å². The van der Waals surface area contributed by atoms with Gasteiger partial charge in [-0.05, 0) is 36.8 Å². The first-order chi connectivity index (χ1) is 11.9. The lowest BCUT2D eigenvalue weighted by molar-refractivity contribution is 0.593. The first-order valence-electron chi connectivity index (χ1n) is 7.54. The van der Waals surface area contributed by atoms with Gasteiger partial charge in [0.2, 0.25) is 0 Å². The Labute approximate surface area is 155 Å².